The third-order valence-corrected chi connectivity index (χ3v) is 6.06. The van der Waals surface area contributed by atoms with Crippen LogP contribution in [0.3, 0.4) is 0 Å². The van der Waals surface area contributed by atoms with E-state index in [0.717, 1.165) is 45.0 Å². The number of nitrogens with zero attached hydrogens (tertiary/aromatic N) is 2. The van der Waals surface area contributed by atoms with Crippen LogP contribution >= 0.6 is 39.1 Å². The predicted molar refractivity (Wildman–Crippen MR) is 113 cm³/mol. The van der Waals surface area contributed by atoms with Gasteiger partial charge in [0.05, 0.1) is 11.1 Å². The first-order valence-electron chi connectivity index (χ1n) is 8.83. The Labute approximate surface area is 180 Å². The Morgan fingerprint density at radius 3 is 2.68 bits per heavy atom. The summed E-state index contributed by atoms with van der Waals surface area (Å²) in [6.07, 6.45) is 0.276. The molecule has 5 rings (SSSR count). The topological polar surface area (TPSA) is 38.0 Å². The van der Waals surface area contributed by atoms with Crippen molar-refractivity contribution in [1.29, 1.82) is 0 Å². The summed E-state index contributed by atoms with van der Waals surface area (Å²) in [5, 5.41) is 7.97. The predicted octanol–water partition coefficient (Wildman–Crippen LogP) is 6.90. The molecule has 0 saturated carbocycles. The Bertz CT molecular complexity index is 1110. The summed E-state index contributed by atoms with van der Waals surface area (Å²) in [7, 11) is 0. The van der Waals surface area contributed by atoms with Gasteiger partial charge in [0.2, 0.25) is 6.23 Å². The molecule has 0 spiro atoms. The third kappa shape index (κ3) is 3.02. The molecule has 2 atom stereocenters. The van der Waals surface area contributed by atoms with Gasteiger partial charge < -0.3 is 9.15 Å². The lowest BCUT2D eigenvalue weighted by Gasteiger charge is -2.38. The molecule has 4 nitrogen and oxygen atoms in total. The van der Waals surface area contributed by atoms with E-state index in [-0.39, 0.29) is 6.04 Å². The second kappa shape index (κ2) is 6.83. The fourth-order valence-corrected chi connectivity index (χ4v) is 4.58. The first-order chi connectivity index (χ1) is 13.5. The number of rotatable bonds is 2. The number of ether oxygens (including phenoxy) is 1. The minimum absolute atomic E-state index is 0.0263. The summed E-state index contributed by atoms with van der Waals surface area (Å²) >= 11 is 16.1. The van der Waals surface area contributed by atoms with Crippen molar-refractivity contribution in [3.05, 3.63) is 85.7 Å². The zero-order chi connectivity index (χ0) is 19.4. The van der Waals surface area contributed by atoms with Crippen LogP contribution in [0.1, 0.15) is 41.3 Å². The maximum absolute atomic E-state index is 6.50. The highest BCUT2D eigenvalue weighted by molar-refractivity contribution is 9.10. The number of benzene rings is 2. The molecule has 7 heteroatoms. The Kier molecular flexibility index (Phi) is 4.42. The van der Waals surface area contributed by atoms with E-state index in [4.69, 9.17) is 37.5 Å². The number of hydrogen-bond donors (Lipinski definition) is 0. The van der Waals surface area contributed by atoms with Gasteiger partial charge in [0, 0.05) is 27.0 Å². The number of fused-ring (bicyclic) bond motifs is 3. The fourth-order valence-electron chi connectivity index (χ4n) is 3.70. The summed E-state index contributed by atoms with van der Waals surface area (Å²) in [6, 6.07) is 15.4. The number of hydrazone groups is 1. The third-order valence-electron chi connectivity index (χ3n) is 5.01. The molecule has 3 heterocycles. The summed E-state index contributed by atoms with van der Waals surface area (Å²) in [5.74, 6) is 2.47. The molecule has 2 aliphatic rings. The van der Waals surface area contributed by atoms with Gasteiger partial charge in [0.25, 0.3) is 0 Å². The van der Waals surface area contributed by atoms with Gasteiger partial charge in [0.15, 0.2) is 0 Å². The van der Waals surface area contributed by atoms with Gasteiger partial charge in [-0.15, -0.1) is 0 Å². The van der Waals surface area contributed by atoms with Crippen LogP contribution < -0.4 is 4.74 Å². The standard InChI is InChI=1S/C21H15BrCl2N2O2/c1-11-2-6-20(27-11)17-10-18-15-8-12(22)3-7-19(15)28-21(26(18)25-17)14-5-4-13(23)9-16(14)24/h2-9,18,21H,10H2,1H3/t18-,21+/m1/s1. The maximum Gasteiger partial charge on any atom is 0.215 e. The Morgan fingerprint density at radius 2 is 1.93 bits per heavy atom. The molecule has 0 fully saturated rings. The van der Waals surface area contributed by atoms with Gasteiger partial charge in [-0.3, -0.25) is 0 Å². The van der Waals surface area contributed by atoms with Crippen LogP contribution in [0.5, 0.6) is 5.75 Å². The monoisotopic (exact) mass is 476 g/mol. The molecule has 0 radical (unpaired) electrons. The smallest absolute Gasteiger partial charge is 0.215 e. The molecule has 1 aromatic heterocycles. The second-order valence-corrected chi connectivity index (χ2v) is 8.63. The van der Waals surface area contributed by atoms with E-state index in [1.54, 1.807) is 6.07 Å². The first-order valence-corrected chi connectivity index (χ1v) is 10.4. The highest BCUT2D eigenvalue weighted by Crippen LogP contribution is 2.49. The van der Waals surface area contributed by atoms with Crippen LogP contribution in [-0.2, 0) is 0 Å². The van der Waals surface area contributed by atoms with Crippen LogP contribution in [-0.4, -0.2) is 10.7 Å². The van der Waals surface area contributed by atoms with E-state index in [2.05, 4.69) is 22.0 Å². The number of furan rings is 1. The van der Waals surface area contributed by atoms with Crippen molar-refractivity contribution in [1.82, 2.24) is 5.01 Å². The minimum Gasteiger partial charge on any atom is -0.464 e. The molecule has 0 aliphatic carbocycles. The lowest BCUT2D eigenvalue weighted by atomic mass is 9.97. The molecule has 0 N–H and O–H groups in total. The molecule has 142 valence electrons. The van der Waals surface area contributed by atoms with Crippen molar-refractivity contribution in [3.63, 3.8) is 0 Å². The highest BCUT2D eigenvalue weighted by atomic mass is 79.9. The van der Waals surface area contributed by atoms with E-state index >= 15 is 0 Å². The van der Waals surface area contributed by atoms with Gasteiger partial charge >= 0.3 is 0 Å². The van der Waals surface area contributed by atoms with Crippen molar-refractivity contribution in [2.75, 3.05) is 0 Å². The van der Waals surface area contributed by atoms with Crippen LogP contribution in [0.25, 0.3) is 0 Å². The molecular weight excluding hydrogens is 463 g/mol. The van der Waals surface area contributed by atoms with Crippen molar-refractivity contribution in [2.24, 2.45) is 5.10 Å². The van der Waals surface area contributed by atoms with Gasteiger partial charge in [0.1, 0.15) is 23.0 Å². The normalized spacial score (nSPS) is 20.4. The molecule has 3 aromatic rings. The maximum atomic E-state index is 6.50. The highest BCUT2D eigenvalue weighted by Gasteiger charge is 2.42. The Hall–Kier alpha value is -1.95. The SMILES string of the molecule is Cc1ccc(C2=NN3[C@H](C2)c2cc(Br)ccc2O[C@H]3c2ccc(Cl)cc2Cl)o1. The van der Waals surface area contributed by atoms with Gasteiger partial charge in [-0.25, -0.2) is 5.01 Å². The van der Waals surface area contributed by atoms with Gasteiger partial charge in [-0.2, -0.15) is 5.10 Å². The first kappa shape index (κ1) is 18.1. The largest absolute Gasteiger partial charge is 0.464 e. The van der Waals surface area contributed by atoms with E-state index in [0.29, 0.717) is 10.0 Å². The van der Waals surface area contributed by atoms with Crippen molar-refractivity contribution in [2.45, 2.75) is 25.6 Å². The van der Waals surface area contributed by atoms with E-state index in [9.17, 15) is 0 Å². The van der Waals surface area contributed by atoms with Gasteiger partial charge in [-0.05, 0) is 49.4 Å². The lowest BCUT2D eigenvalue weighted by Crippen LogP contribution is -2.33. The molecule has 0 bridgehead atoms. The average molecular weight is 478 g/mol. The second-order valence-electron chi connectivity index (χ2n) is 6.88. The van der Waals surface area contributed by atoms with Crippen LogP contribution in [0.2, 0.25) is 10.0 Å². The van der Waals surface area contributed by atoms with Crippen LogP contribution in [0.4, 0.5) is 0 Å². The summed E-state index contributed by atoms with van der Waals surface area (Å²) < 4.78 is 13.2. The molecular formula is C21H15BrCl2N2O2. The summed E-state index contributed by atoms with van der Waals surface area (Å²) in [6.45, 7) is 1.93. The van der Waals surface area contributed by atoms with Crippen molar-refractivity contribution >= 4 is 44.8 Å². The zero-order valence-electron chi connectivity index (χ0n) is 14.8. The lowest BCUT2D eigenvalue weighted by molar-refractivity contribution is -0.0190. The molecule has 2 aliphatic heterocycles. The minimum atomic E-state index is -0.447. The summed E-state index contributed by atoms with van der Waals surface area (Å²) in [4.78, 5) is 0. The van der Waals surface area contributed by atoms with E-state index in [1.807, 2.05) is 48.3 Å². The number of aryl methyl sites for hydroxylation is 1. The molecule has 0 unspecified atom stereocenters. The van der Waals surface area contributed by atoms with E-state index < -0.39 is 6.23 Å². The Balaban J connectivity index is 1.63. The molecule has 28 heavy (non-hydrogen) atoms. The van der Waals surface area contributed by atoms with Gasteiger partial charge in [-0.1, -0.05) is 45.2 Å². The zero-order valence-corrected chi connectivity index (χ0v) is 17.9. The fraction of sp³-hybridized carbons (Fsp3) is 0.190. The molecule has 2 aromatic carbocycles. The quantitative estimate of drug-likeness (QED) is 0.402. The summed E-state index contributed by atoms with van der Waals surface area (Å²) in [5.41, 5.74) is 2.80. The van der Waals surface area contributed by atoms with Crippen molar-refractivity contribution < 1.29 is 9.15 Å². The van der Waals surface area contributed by atoms with Crippen molar-refractivity contribution in [3.8, 4) is 5.75 Å². The van der Waals surface area contributed by atoms with E-state index in [1.165, 1.54) is 0 Å². The van der Waals surface area contributed by atoms with Crippen LogP contribution in [0.15, 0.2) is 62.5 Å². The molecule has 0 saturated heterocycles. The average Bonchev–Trinajstić information content (AvgIpc) is 3.28. The molecule has 0 amide bonds. The van der Waals surface area contributed by atoms with Crippen LogP contribution in [0, 0.1) is 6.92 Å². The number of halogens is 3. The Morgan fingerprint density at radius 1 is 1.07 bits per heavy atom. The number of hydrogen-bond acceptors (Lipinski definition) is 4.